The number of halogens is 6. The van der Waals surface area contributed by atoms with Crippen molar-refractivity contribution in [2.24, 2.45) is 0 Å². The normalized spacial score (nSPS) is 14.9. The first-order chi connectivity index (χ1) is 24.3. The Labute approximate surface area is 293 Å². The molecule has 0 fully saturated rings. The summed E-state index contributed by atoms with van der Waals surface area (Å²) in [6.45, 7) is 6.02. The summed E-state index contributed by atoms with van der Waals surface area (Å²) in [5.74, 6) is -1.02. The number of nitrogens with zero attached hydrogens (tertiary/aromatic N) is 2. The van der Waals surface area contributed by atoms with Crippen molar-refractivity contribution < 1.29 is 55.6 Å². The molecule has 278 valence electrons. The molecule has 5 rings (SSSR count). The van der Waals surface area contributed by atoms with Crippen LogP contribution in [0.2, 0.25) is 0 Å². The second-order valence-electron chi connectivity index (χ2n) is 12.6. The van der Waals surface area contributed by atoms with Crippen LogP contribution in [0.25, 0.3) is 44.4 Å². The van der Waals surface area contributed by atoms with Crippen LogP contribution in [0.15, 0.2) is 24.3 Å². The maximum atomic E-state index is 14.1. The third kappa shape index (κ3) is 7.35. The molecule has 0 radical (unpaired) electrons. The number of hydrogen-bond acceptors (Lipinski definition) is 8. The van der Waals surface area contributed by atoms with E-state index < -0.39 is 47.6 Å². The van der Waals surface area contributed by atoms with Crippen LogP contribution in [0.4, 0.5) is 26.3 Å². The average molecular weight is 735 g/mol. The van der Waals surface area contributed by atoms with Gasteiger partial charge in [-0.25, -0.2) is 9.97 Å². The summed E-state index contributed by atoms with van der Waals surface area (Å²) in [5.41, 5.74) is 1.76. The Morgan fingerprint density at radius 3 is 1.38 bits per heavy atom. The molecule has 0 spiro atoms. The Bertz CT molecular complexity index is 2180. The topological polar surface area (TPSA) is 150 Å². The fraction of sp³-hybridized carbons (Fsp3) is 0.389. The molecule has 3 aromatic rings. The van der Waals surface area contributed by atoms with E-state index in [0.717, 1.165) is 6.07 Å². The van der Waals surface area contributed by atoms with Gasteiger partial charge in [0.2, 0.25) is 0 Å². The Hall–Kier alpha value is -4.96. The van der Waals surface area contributed by atoms with Crippen molar-refractivity contribution in [1.82, 2.24) is 19.9 Å². The van der Waals surface area contributed by atoms with Crippen LogP contribution in [-0.4, -0.2) is 68.7 Å². The van der Waals surface area contributed by atoms with Gasteiger partial charge < -0.3 is 29.7 Å². The molecule has 8 bridgehead atoms. The van der Waals surface area contributed by atoms with Crippen LogP contribution in [0.5, 0.6) is 0 Å². The number of H-pyrrole nitrogens is 2. The first kappa shape index (κ1) is 38.3. The van der Waals surface area contributed by atoms with Crippen LogP contribution in [0, 0.1) is 13.8 Å². The molecule has 2 aliphatic heterocycles. The van der Waals surface area contributed by atoms with E-state index in [2.05, 4.69) is 9.97 Å². The fourth-order valence-electron chi connectivity index (χ4n) is 6.47. The van der Waals surface area contributed by atoms with E-state index in [1.165, 1.54) is 40.2 Å². The molecule has 0 amide bonds. The predicted octanol–water partition coefficient (Wildman–Crippen LogP) is 7.89. The van der Waals surface area contributed by atoms with Crippen LogP contribution in [0.3, 0.4) is 0 Å². The molecule has 0 aliphatic carbocycles. The Kier molecular flexibility index (Phi) is 10.5. The number of aryl methyl sites for hydroxylation is 2. The van der Waals surface area contributed by atoms with Gasteiger partial charge in [0.15, 0.2) is 12.2 Å². The number of aromatic nitrogens is 4. The van der Waals surface area contributed by atoms with Crippen molar-refractivity contribution in [2.75, 3.05) is 14.2 Å². The van der Waals surface area contributed by atoms with Crippen molar-refractivity contribution in [3.8, 4) is 0 Å². The molecule has 0 saturated heterocycles. The van der Waals surface area contributed by atoms with Gasteiger partial charge in [-0.1, -0.05) is 0 Å². The van der Waals surface area contributed by atoms with Gasteiger partial charge in [-0.3, -0.25) is 9.59 Å². The third-order valence-corrected chi connectivity index (χ3v) is 9.41. The van der Waals surface area contributed by atoms with Gasteiger partial charge in [0.05, 0.1) is 37.0 Å². The van der Waals surface area contributed by atoms with Crippen molar-refractivity contribution >= 4 is 56.3 Å². The highest BCUT2D eigenvalue weighted by atomic mass is 19.4. The van der Waals surface area contributed by atoms with E-state index in [0.29, 0.717) is 39.4 Å². The SMILES string of the molecule is COC(=O)CCC1=C(C)c2cc3[nH]c(cc4[nH]c(cc5nc(cc1n2)C(CCC(=O)OC)=C5C)c([C@@H](O)C(F)(F)F)c4C)c([C@@H](O)C(F)(F)F)c3C. The number of allylic oxidation sites excluding steroid dienone is 4. The highest BCUT2D eigenvalue weighted by Crippen LogP contribution is 2.42. The number of aliphatic hydroxyl groups is 2. The number of alkyl halides is 6. The van der Waals surface area contributed by atoms with Gasteiger partial charge in [-0.15, -0.1) is 0 Å². The number of methoxy groups -OCH3 is 2. The lowest BCUT2D eigenvalue weighted by Gasteiger charge is -2.15. The summed E-state index contributed by atoms with van der Waals surface area (Å²) in [4.78, 5) is 39.5. The van der Waals surface area contributed by atoms with Crippen LogP contribution < -0.4 is 0 Å². The number of rotatable bonds is 8. The second-order valence-corrected chi connectivity index (χ2v) is 12.6. The maximum absolute atomic E-state index is 14.1. The van der Waals surface area contributed by atoms with Gasteiger partial charge in [0, 0.05) is 46.0 Å². The molecule has 2 aliphatic rings. The summed E-state index contributed by atoms with van der Waals surface area (Å²) < 4.78 is 93.9. The number of aliphatic hydroxyl groups excluding tert-OH is 2. The predicted molar refractivity (Wildman–Crippen MR) is 180 cm³/mol. The minimum atomic E-state index is -5.12. The molecule has 52 heavy (non-hydrogen) atoms. The van der Waals surface area contributed by atoms with Crippen LogP contribution in [0.1, 0.15) is 96.8 Å². The zero-order valence-corrected chi connectivity index (χ0v) is 29.0. The number of fused-ring (bicyclic) bond motifs is 8. The number of aromatic amines is 2. The van der Waals surface area contributed by atoms with E-state index in [9.17, 15) is 46.1 Å². The van der Waals surface area contributed by atoms with Crippen LogP contribution in [-0.2, 0) is 19.1 Å². The van der Waals surface area contributed by atoms with Gasteiger partial charge in [-0.05, 0) is 98.2 Å². The maximum Gasteiger partial charge on any atom is 0.418 e. The van der Waals surface area contributed by atoms with E-state index >= 15 is 0 Å². The highest BCUT2D eigenvalue weighted by molar-refractivity contribution is 5.96. The third-order valence-electron chi connectivity index (χ3n) is 9.41. The number of carbonyl (C=O) groups is 2. The standard InChI is InChI=1S/C36H36F6N4O6/c1-15-19(7-9-29(47)51-5)25-14-26-20(8-10-30(48)52-6)16(2)22(44-26)12-27-32(34(50)36(40,41)42)18(4)24(46-27)13-28-31(33(49)35(37,38)39)17(3)23(45-28)11-21(15)43-25/h11-14,33-34,45-46,49-50H,7-10H2,1-6H3/t33-,34-/m1/s1. The number of ether oxygens (including phenoxy) is 2. The quantitative estimate of drug-likeness (QED) is 0.135. The number of esters is 2. The molecule has 5 heterocycles. The van der Waals surface area contributed by atoms with Gasteiger partial charge in [-0.2, -0.15) is 26.3 Å². The van der Waals surface area contributed by atoms with Crippen molar-refractivity contribution in [3.63, 3.8) is 0 Å². The lowest BCUT2D eigenvalue weighted by atomic mass is 9.98. The monoisotopic (exact) mass is 734 g/mol. The lowest BCUT2D eigenvalue weighted by Crippen LogP contribution is -2.20. The van der Waals surface area contributed by atoms with E-state index in [1.807, 2.05) is 0 Å². The Morgan fingerprint density at radius 1 is 0.635 bits per heavy atom. The average Bonchev–Trinajstić information content (AvgIpc) is 3.73. The molecule has 2 atom stereocenters. The molecule has 0 saturated carbocycles. The smallest absolute Gasteiger partial charge is 0.418 e. The second kappa shape index (κ2) is 14.2. The van der Waals surface area contributed by atoms with E-state index in [4.69, 9.17) is 19.4 Å². The van der Waals surface area contributed by atoms with Gasteiger partial charge >= 0.3 is 24.3 Å². The van der Waals surface area contributed by atoms with Crippen LogP contribution >= 0.6 is 0 Å². The molecule has 0 aromatic carbocycles. The van der Waals surface area contributed by atoms with E-state index in [1.54, 1.807) is 19.9 Å². The van der Waals surface area contributed by atoms with Gasteiger partial charge in [0.1, 0.15) is 0 Å². The highest BCUT2D eigenvalue weighted by Gasteiger charge is 2.43. The lowest BCUT2D eigenvalue weighted by molar-refractivity contribution is -0.206. The number of hydrogen-bond donors (Lipinski definition) is 4. The largest absolute Gasteiger partial charge is 0.469 e. The summed E-state index contributed by atoms with van der Waals surface area (Å²) >= 11 is 0. The van der Waals surface area contributed by atoms with E-state index in [-0.39, 0.29) is 64.6 Å². The summed E-state index contributed by atoms with van der Waals surface area (Å²) in [6, 6.07) is 5.51. The number of carbonyl (C=O) groups excluding carboxylic acids is 2. The van der Waals surface area contributed by atoms with Crippen molar-refractivity contribution in [3.05, 3.63) is 69.3 Å². The van der Waals surface area contributed by atoms with Gasteiger partial charge in [0.25, 0.3) is 0 Å². The van der Waals surface area contributed by atoms with Crippen molar-refractivity contribution in [1.29, 1.82) is 0 Å². The molecule has 0 unspecified atom stereocenters. The zero-order valence-electron chi connectivity index (χ0n) is 29.0. The Balaban J connectivity index is 1.97. The molecule has 10 nitrogen and oxygen atoms in total. The minimum Gasteiger partial charge on any atom is -0.469 e. The molecular formula is C36H36F6N4O6. The molecule has 4 N–H and O–H groups in total. The first-order valence-corrected chi connectivity index (χ1v) is 16.1. The molecule has 16 heteroatoms. The minimum absolute atomic E-state index is 0.00128. The van der Waals surface area contributed by atoms with Crippen molar-refractivity contribution in [2.45, 2.75) is 77.9 Å². The molecule has 3 aromatic heterocycles. The molecular weight excluding hydrogens is 698 g/mol. The number of nitrogens with one attached hydrogen (secondary N) is 2. The Morgan fingerprint density at radius 2 is 1.00 bits per heavy atom. The zero-order chi connectivity index (χ0) is 38.4. The summed E-state index contributed by atoms with van der Waals surface area (Å²) in [7, 11) is 2.47. The fourth-order valence-corrected chi connectivity index (χ4v) is 6.47. The summed E-state index contributed by atoms with van der Waals surface area (Å²) in [5, 5.41) is 21.0. The summed E-state index contributed by atoms with van der Waals surface area (Å²) in [6.07, 6.45) is -16.0. The first-order valence-electron chi connectivity index (χ1n) is 16.1.